The van der Waals surface area contributed by atoms with Crippen molar-refractivity contribution >= 4 is 26.0 Å². The smallest absolute Gasteiger partial charge is 0.211 e. The Morgan fingerprint density at radius 3 is 2.90 bits per heavy atom. The highest BCUT2D eigenvalue weighted by Crippen LogP contribution is 2.21. The maximum Gasteiger partial charge on any atom is 0.211 e. The number of rotatable bonds is 5. The van der Waals surface area contributed by atoms with Crippen molar-refractivity contribution in [2.75, 3.05) is 25.9 Å². The van der Waals surface area contributed by atoms with Crippen LogP contribution < -0.4 is 5.32 Å². The molecule has 0 aliphatic carbocycles. The predicted octanol–water partition coefficient (Wildman–Crippen LogP) is 2.77. The van der Waals surface area contributed by atoms with Crippen LogP contribution in [0.4, 0.5) is 0 Å². The van der Waals surface area contributed by atoms with Crippen LogP contribution in [0.25, 0.3) is 0 Å². The van der Waals surface area contributed by atoms with Gasteiger partial charge in [0.15, 0.2) is 0 Å². The first-order valence-corrected chi connectivity index (χ1v) is 9.94. The Hall–Kier alpha value is -0.430. The number of hydrogen-bond acceptors (Lipinski definition) is 3. The maximum absolute atomic E-state index is 11.6. The molecule has 118 valence electrons. The average molecular weight is 375 g/mol. The second kappa shape index (κ2) is 7.22. The van der Waals surface area contributed by atoms with Crippen LogP contribution >= 0.6 is 15.9 Å². The van der Waals surface area contributed by atoms with Crippen molar-refractivity contribution in [3.63, 3.8) is 0 Å². The number of halogens is 1. The minimum absolute atomic E-state index is 0.260. The van der Waals surface area contributed by atoms with Crippen molar-refractivity contribution in [1.82, 2.24) is 9.62 Å². The van der Waals surface area contributed by atoms with E-state index >= 15 is 0 Å². The second-order valence-electron chi connectivity index (χ2n) is 5.81. The summed E-state index contributed by atoms with van der Waals surface area (Å²) < 4.78 is 25.9. The van der Waals surface area contributed by atoms with Gasteiger partial charge in [0.25, 0.3) is 0 Å². The first-order chi connectivity index (χ1) is 9.86. The summed E-state index contributed by atoms with van der Waals surface area (Å²) in [6.45, 7) is 4.28. The normalized spacial score (nSPS) is 22.1. The van der Waals surface area contributed by atoms with E-state index in [2.05, 4.69) is 40.3 Å². The van der Waals surface area contributed by atoms with Crippen molar-refractivity contribution in [2.24, 2.45) is 5.92 Å². The summed E-state index contributed by atoms with van der Waals surface area (Å²) in [6.07, 6.45) is 3.34. The molecule has 21 heavy (non-hydrogen) atoms. The summed E-state index contributed by atoms with van der Waals surface area (Å²) in [6, 6.07) is 8.52. The highest BCUT2D eigenvalue weighted by atomic mass is 79.9. The van der Waals surface area contributed by atoms with E-state index in [1.165, 1.54) is 11.8 Å². The van der Waals surface area contributed by atoms with Crippen LogP contribution in [0.5, 0.6) is 0 Å². The fourth-order valence-electron chi connectivity index (χ4n) is 2.73. The van der Waals surface area contributed by atoms with Crippen molar-refractivity contribution in [3.8, 4) is 0 Å². The van der Waals surface area contributed by atoms with Crippen molar-refractivity contribution < 1.29 is 8.42 Å². The lowest BCUT2D eigenvalue weighted by molar-refractivity contribution is 0.257. The average Bonchev–Trinajstić information content (AvgIpc) is 2.44. The van der Waals surface area contributed by atoms with E-state index in [1.54, 1.807) is 4.31 Å². The lowest BCUT2D eigenvalue weighted by atomic mass is 9.99. The minimum Gasteiger partial charge on any atom is -0.310 e. The first kappa shape index (κ1) is 16.9. The summed E-state index contributed by atoms with van der Waals surface area (Å²) >= 11 is 3.49. The number of nitrogens with zero attached hydrogens (tertiary/aromatic N) is 1. The first-order valence-electron chi connectivity index (χ1n) is 7.30. The fourth-order valence-corrected chi connectivity index (χ4v) is 4.09. The molecule has 0 spiro atoms. The van der Waals surface area contributed by atoms with Crippen molar-refractivity contribution in [3.05, 3.63) is 34.3 Å². The van der Waals surface area contributed by atoms with E-state index in [0.29, 0.717) is 19.0 Å². The van der Waals surface area contributed by atoms with Gasteiger partial charge < -0.3 is 5.32 Å². The molecule has 2 atom stereocenters. The number of sulfonamides is 1. The summed E-state index contributed by atoms with van der Waals surface area (Å²) in [7, 11) is -3.06. The van der Waals surface area contributed by atoms with Gasteiger partial charge in [-0.15, -0.1) is 0 Å². The van der Waals surface area contributed by atoms with Gasteiger partial charge >= 0.3 is 0 Å². The summed E-state index contributed by atoms with van der Waals surface area (Å²) in [5.41, 5.74) is 1.24. The van der Waals surface area contributed by atoms with E-state index in [0.717, 1.165) is 23.9 Å². The zero-order chi connectivity index (χ0) is 15.5. The minimum atomic E-state index is -3.06. The molecule has 1 heterocycles. The topological polar surface area (TPSA) is 49.4 Å². The largest absolute Gasteiger partial charge is 0.310 e. The Labute approximate surface area is 136 Å². The Bertz CT molecular complexity index is 577. The number of benzene rings is 1. The Morgan fingerprint density at radius 2 is 2.24 bits per heavy atom. The van der Waals surface area contributed by atoms with Gasteiger partial charge in [-0.1, -0.05) is 28.1 Å². The molecule has 1 N–H and O–H groups in total. The van der Waals surface area contributed by atoms with Crippen LogP contribution in [0.3, 0.4) is 0 Å². The molecule has 0 amide bonds. The summed E-state index contributed by atoms with van der Waals surface area (Å²) in [5, 5.41) is 3.53. The third-order valence-corrected chi connectivity index (χ3v) is 5.78. The molecule has 6 heteroatoms. The molecule has 1 saturated heterocycles. The van der Waals surface area contributed by atoms with E-state index in [-0.39, 0.29) is 6.04 Å². The van der Waals surface area contributed by atoms with Gasteiger partial charge in [0.05, 0.1) is 6.26 Å². The molecule has 1 aromatic rings. The quantitative estimate of drug-likeness (QED) is 0.861. The molecular formula is C15H23BrN2O2S. The lowest BCUT2D eigenvalue weighted by Gasteiger charge is -2.31. The summed E-state index contributed by atoms with van der Waals surface area (Å²) in [5.74, 6) is 0.392. The van der Waals surface area contributed by atoms with Gasteiger partial charge in [0.1, 0.15) is 0 Å². The van der Waals surface area contributed by atoms with E-state index in [1.807, 2.05) is 12.1 Å². The van der Waals surface area contributed by atoms with E-state index in [9.17, 15) is 8.42 Å². The third kappa shape index (κ3) is 5.06. The SMILES string of the molecule is CC(NCC1CCCN(S(C)(=O)=O)C1)c1cccc(Br)c1. The standard InChI is InChI=1S/C15H23BrN2O2S/c1-12(14-6-3-7-15(16)9-14)17-10-13-5-4-8-18(11-13)21(2,19)20/h3,6-7,9,12-13,17H,4-5,8,10-11H2,1-2H3. The Kier molecular flexibility index (Phi) is 5.82. The monoisotopic (exact) mass is 374 g/mol. The van der Waals surface area contributed by atoms with Crippen LogP contribution in [-0.4, -0.2) is 38.6 Å². The highest BCUT2D eigenvalue weighted by molar-refractivity contribution is 9.10. The molecule has 1 fully saturated rings. The second-order valence-corrected chi connectivity index (χ2v) is 8.71. The molecule has 1 aliphatic heterocycles. The molecule has 1 aliphatic rings. The number of nitrogens with one attached hydrogen (secondary N) is 1. The zero-order valence-electron chi connectivity index (χ0n) is 12.5. The highest BCUT2D eigenvalue weighted by Gasteiger charge is 2.25. The zero-order valence-corrected chi connectivity index (χ0v) is 15.0. The molecule has 2 rings (SSSR count). The van der Waals surface area contributed by atoms with Crippen LogP contribution in [0.2, 0.25) is 0 Å². The van der Waals surface area contributed by atoms with Gasteiger partial charge in [-0.05, 0) is 49.9 Å². The summed E-state index contributed by atoms with van der Waals surface area (Å²) in [4.78, 5) is 0. The Balaban J connectivity index is 1.88. The van der Waals surface area contributed by atoms with Gasteiger partial charge in [-0.2, -0.15) is 0 Å². The van der Waals surface area contributed by atoms with Crippen molar-refractivity contribution in [1.29, 1.82) is 0 Å². The molecule has 0 aromatic heterocycles. The van der Waals surface area contributed by atoms with Gasteiger partial charge in [0.2, 0.25) is 10.0 Å². The fraction of sp³-hybridized carbons (Fsp3) is 0.600. The van der Waals surface area contributed by atoms with E-state index < -0.39 is 10.0 Å². The molecule has 1 aromatic carbocycles. The predicted molar refractivity (Wildman–Crippen MR) is 89.7 cm³/mol. The number of piperidine rings is 1. The van der Waals surface area contributed by atoms with Crippen LogP contribution in [0, 0.1) is 5.92 Å². The Morgan fingerprint density at radius 1 is 1.48 bits per heavy atom. The molecule has 0 radical (unpaired) electrons. The molecule has 0 bridgehead atoms. The van der Waals surface area contributed by atoms with Crippen molar-refractivity contribution in [2.45, 2.75) is 25.8 Å². The van der Waals surface area contributed by atoms with Gasteiger partial charge in [-0.3, -0.25) is 0 Å². The van der Waals surface area contributed by atoms with Crippen LogP contribution in [-0.2, 0) is 10.0 Å². The molecule has 2 unspecified atom stereocenters. The third-order valence-electron chi connectivity index (χ3n) is 4.01. The molecular weight excluding hydrogens is 352 g/mol. The molecule has 0 saturated carbocycles. The van der Waals surface area contributed by atoms with Gasteiger partial charge in [-0.25, -0.2) is 12.7 Å². The molecule has 4 nitrogen and oxygen atoms in total. The van der Waals surface area contributed by atoms with Crippen LogP contribution in [0.1, 0.15) is 31.4 Å². The van der Waals surface area contributed by atoms with E-state index in [4.69, 9.17) is 0 Å². The van der Waals surface area contributed by atoms with Crippen LogP contribution in [0.15, 0.2) is 28.7 Å². The maximum atomic E-state index is 11.6. The number of hydrogen-bond donors (Lipinski definition) is 1. The lowest BCUT2D eigenvalue weighted by Crippen LogP contribution is -2.42. The van der Waals surface area contributed by atoms with Gasteiger partial charge in [0, 0.05) is 23.6 Å².